The molecule has 0 saturated heterocycles. The van der Waals surface area contributed by atoms with E-state index in [2.05, 4.69) is 22.7 Å². The highest BCUT2D eigenvalue weighted by Gasteiger charge is 2.14. The molecule has 0 spiro atoms. The lowest BCUT2D eigenvalue weighted by atomic mass is 10.2. The zero-order chi connectivity index (χ0) is 11.7. The molecule has 0 atom stereocenters. The smallest absolute Gasteiger partial charge is 0.0534 e. The minimum absolute atomic E-state index is 0.899. The van der Waals surface area contributed by atoms with E-state index < -0.39 is 0 Å². The quantitative estimate of drug-likeness (QED) is 0.898. The van der Waals surface area contributed by atoms with E-state index >= 15 is 0 Å². The molecular formula is C13H17N3S. The second-order valence-corrected chi connectivity index (χ2v) is 5.86. The first kappa shape index (κ1) is 11.0. The monoisotopic (exact) mass is 247 g/mol. The third-order valence-corrected chi connectivity index (χ3v) is 4.42. The molecule has 0 saturated carbocycles. The van der Waals surface area contributed by atoms with Gasteiger partial charge in [-0.3, -0.25) is 4.68 Å². The number of nitrogens with one attached hydrogen (secondary N) is 1. The summed E-state index contributed by atoms with van der Waals surface area (Å²) >= 11 is 1.98. The Morgan fingerprint density at radius 3 is 3.12 bits per heavy atom. The molecule has 0 fully saturated rings. The minimum Gasteiger partial charge on any atom is -0.308 e. The van der Waals surface area contributed by atoms with Crippen LogP contribution in [0.1, 0.15) is 27.3 Å². The van der Waals surface area contributed by atoms with Gasteiger partial charge in [0.05, 0.1) is 6.20 Å². The highest BCUT2D eigenvalue weighted by atomic mass is 32.1. The van der Waals surface area contributed by atoms with Crippen LogP contribution in [0.3, 0.4) is 0 Å². The topological polar surface area (TPSA) is 29.9 Å². The van der Waals surface area contributed by atoms with Crippen molar-refractivity contribution in [2.75, 3.05) is 0 Å². The predicted molar refractivity (Wildman–Crippen MR) is 70.1 cm³/mol. The Bertz CT molecular complexity index is 491. The molecule has 17 heavy (non-hydrogen) atoms. The van der Waals surface area contributed by atoms with Crippen LogP contribution in [0.2, 0.25) is 0 Å². The van der Waals surface area contributed by atoms with Gasteiger partial charge in [-0.15, -0.1) is 11.3 Å². The SMILES string of the molecule is Cn1cc(CNCc2cc3c(s2)CCC3)cn1. The van der Waals surface area contributed by atoms with Crippen LogP contribution in [-0.4, -0.2) is 9.78 Å². The first-order valence-corrected chi connectivity index (χ1v) is 6.91. The number of thiophene rings is 1. The number of rotatable bonds is 4. The van der Waals surface area contributed by atoms with E-state index in [1.54, 1.807) is 10.4 Å². The summed E-state index contributed by atoms with van der Waals surface area (Å²) in [4.78, 5) is 3.08. The van der Waals surface area contributed by atoms with Gasteiger partial charge in [0.25, 0.3) is 0 Å². The molecule has 0 bridgehead atoms. The van der Waals surface area contributed by atoms with E-state index in [1.165, 1.54) is 29.7 Å². The average molecular weight is 247 g/mol. The van der Waals surface area contributed by atoms with Crippen LogP contribution < -0.4 is 5.32 Å². The molecule has 2 heterocycles. The Hall–Kier alpha value is -1.13. The first-order chi connectivity index (χ1) is 8.31. The zero-order valence-electron chi connectivity index (χ0n) is 10.1. The lowest BCUT2D eigenvalue weighted by Crippen LogP contribution is -2.11. The van der Waals surface area contributed by atoms with Crippen LogP contribution in [0, 0.1) is 0 Å². The summed E-state index contributed by atoms with van der Waals surface area (Å²) < 4.78 is 1.84. The van der Waals surface area contributed by atoms with Crippen molar-refractivity contribution in [1.82, 2.24) is 15.1 Å². The number of hydrogen-bond donors (Lipinski definition) is 1. The van der Waals surface area contributed by atoms with E-state index in [-0.39, 0.29) is 0 Å². The second kappa shape index (κ2) is 4.63. The Morgan fingerprint density at radius 1 is 1.41 bits per heavy atom. The van der Waals surface area contributed by atoms with E-state index in [0.717, 1.165) is 13.1 Å². The molecule has 4 heteroatoms. The standard InChI is InChI=1S/C13H17N3S/c1-16-9-10(7-15-16)6-14-8-12-5-11-3-2-4-13(11)17-12/h5,7,9,14H,2-4,6,8H2,1H3. The van der Waals surface area contributed by atoms with Crippen molar-refractivity contribution in [3.05, 3.63) is 39.3 Å². The number of nitrogens with zero attached hydrogens (tertiary/aromatic N) is 2. The number of aromatic nitrogens is 2. The van der Waals surface area contributed by atoms with Gasteiger partial charge in [-0.2, -0.15) is 5.10 Å². The van der Waals surface area contributed by atoms with E-state index in [9.17, 15) is 0 Å². The van der Waals surface area contributed by atoms with Crippen molar-refractivity contribution in [2.45, 2.75) is 32.4 Å². The van der Waals surface area contributed by atoms with Crippen molar-refractivity contribution in [3.8, 4) is 0 Å². The maximum absolute atomic E-state index is 4.16. The third-order valence-electron chi connectivity index (χ3n) is 3.18. The van der Waals surface area contributed by atoms with Gasteiger partial charge < -0.3 is 5.32 Å². The Labute approximate surface area is 105 Å². The maximum atomic E-state index is 4.16. The normalized spacial score (nSPS) is 14.2. The van der Waals surface area contributed by atoms with E-state index in [1.807, 2.05) is 29.3 Å². The fourth-order valence-corrected chi connectivity index (χ4v) is 3.60. The third kappa shape index (κ3) is 2.42. The molecule has 1 N–H and O–H groups in total. The lowest BCUT2D eigenvalue weighted by Gasteiger charge is -2.00. The summed E-state index contributed by atoms with van der Waals surface area (Å²) in [6.07, 6.45) is 7.91. The van der Waals surface area contributed by atoms with Crippen molar-refractivity contribution < 1.29 is 0 Å². The molecule has 3 nitrogen and oxygen atoms in total. The number of hydrogen-bond acceptors (Lipinski definition) is 3. The van der Waals surface area contributed by atoms with Crippen LogP contribution in [0.15, 0.2) is 18.5 Å². The summed E-state index contributed by atoms with van der Waals surface area (Å²) in [6.45, 7) is 1.88. The molecule has 2 aromatic heterocycles. The largest absolute Gasteiger partial charge is 0.308 e. The molecule has 1 aliphatic rings. The second-order valence-electron chi connectivity index (χ2n) is 4.64. The van der Waals surface area contributed by atoms with Crippen molar-refractivity contribution in [1.29, 1.82) is 0 Å². The summed E-state index contributed by atoms with van der Waals surface area (Å²) in [5.41, 5.74) is 2.84. The van der Waals surface area contributed by atoms with Gasteiger partial charge in [-0.05, 0) is 30.9 Å². The van der Waals surface area contributed by atoms with Gasteiger partial charge in [0.15, 0.2) is 0 Å². The van der Waals surface area contributed by atoms with Crippen LogP contribution in [-0.2, 0) is 33.0 Å². The highest BCUT2D eigenvalue weighted by molar-refractivity contribution is 7.12. The molecule has 90 valence electrons. The molecular weight excluding hydrogens is 230 g/mol. The molecule has 3 rings (SSSR count). The van der Waals surface area contributed by atoms with Gasteiger partial charge in [-0.25, -0.2) is 0 Å². The summed E-state index contributed by atoms with van der Waals surface area (Å²) in [5, 5.41) is 7.64. The molecule has 0 unspecified atom stereocenters. The van der Waals surface area contributed by atoms with Gasteiger partial charge in [-0.1, -0.05) is 0 Å². The van der Waals surface area contributed by atoms with E-state index in [4.69, 9.17) is 0 Å². The van der Waals surface area contributed by atoms with Gasteiger partial charge in [0.2, 0.25) is 0 Å². The van der Waals surface area contributed by atoms with Crippen LogP contribution in [0.25, 0.3) is 0 Å². The zero-order valence-corrected chi connectivity index (χ0v) is 10.9. The molecule has 2 aromatic rings. The molecule has 0 amide bonds. The minimum atomic E-state index is 0.899. The van der Waals surface area contributed by atoms with Crippen molar-refractivity contribution in [3.63, 3.8) is 0 Å². The summed E-state index contributed by atoms with van der Waals surface area (Å²) in [7, 11) is 1.95. The maximum Gasteiger partial charge on any atom is 0.0534 e. The van der Waals surface area contributed by atoms with Crippen molar-refractivity contribution in [2.24, 2.45) is 7.05 Å². The molecule has 0 radical (unpaired) electrons. The fraction of sp³-hybridized carbons (Fsp3) is 0.462. The predicted octanol–water partition coefficient (Wildman–Crippen LogP) is 2.26. The van der Waals surface area contributed by atoms with Crippen LogP contribution in [0.5, 0.6) is 0 Å². The Kier molecular flexibility index (Phi) is 2.99. The highest BCUT2D eigenvalue weighted by Crippen LogP contribution is 2.30. The van der Waals surface area contributed by atoms with Gasteiger partial charge in [0.1, 0.15) is 0 Å². The molecule has 0 aliphatic heterocycles. The lowest BCUT2D eigenvalue weighted by molar-refractivity contribution is 0.698. The summed E-state index contributed by atoms with van der Waals surface area (Å²) in [6, 6.07) is 2.38. The van der Waals surface area contributed by atoms with Crippen LogP contribution >= 0.6 is 11.3 Å². The fourth-order valence-electron chi connectivity index (χ4n) is 2.37. The number of fused-ring (bicyclic) bond motifs is 1. The Morgan fingerprint density at radius 2 is 2.35 bits per heavy atom. The van der Waals surface area contributed by atoms with Gasteiger partial charge >= 0.3 is 0 Å². The van der Waals surface area contributed by atoms with Crippen LogP contribution in [0.4, 0.5) is 0 Å². The summed E-state index contributed by atoms with van der Waals surface area (Å²) in [5.74, 6) is 0. The Balaban J connectivity index is 1.54. The number of aryl methyl sites for hydroxylation is 3. The van der Waals surface area contributed by atoms with E-state index in [0.29, 0.717) is 0 Å². The molecule has 1 aliphatic carbocycles. The average Bonchev–Trinajstić information content (AvgIpc) is 2.94. The van der Waals surface area contributed by atoms with Crippen molar-refractivity contribution >= 4 is 11.3 Å². The first-order valence-electron chi connectivity index (χ1n) is 6.10. The van der Waals surface area contributed by atoms with Gasteiger partial charge in [0, 0.05) is 41.7 Å². The molecule has 0 aromatic carbocycles.